The van der Waals surface area contributed by atoms with Crippen LogP contribution >= 0.6 is 0 Å². The fourth-order valence-corrected chi connectivity index (χ4v) is 5.23. The molecule has 1 rings (SSSR count). The number of carboxylic acids is 2. The molecule has 0 unspecified atom stereocenters. The Hall–Kier alpha value is -1.84. The maximum Gasteiger partial charge on any atom is 0.336 e. The van der Waals surface area contributed by atoms with E-state index in [9.17, 15) is 19.8 Å². The molecule has 0 spiro atoms. The van der Waals surface area contributed by atoms with Gasteiger partial charge in [0.25, 0.3) is 0 Å². The van der Waals surface area contributed by atoms with Crippen molar-refractivity contribution in [2.75, 3.05) is 0 Å². The first-order valence-electron chi connectivity index (χ1n) is 15.1. The van der Waals surface area contributed by atoms with E-state index in [1.165, 1.54) is 109 Å². The largest absolute Gasteiger partial charge is 0.478 e. The zero-order chi connectivity index (χ0) is 26.4. The summed E-state index contributed by atoms with van der Waals surface area (Å²) in [6.45, 7) is 4.49. The number of hydrogen-bond donors (Lipinski definition) is 2. The highest BCUT2D eigenvalue weighted by Crippen LogP contribution is 2.25. The van der Waals surface area contributed by atoms with Crippen LogP contribution in [-0.4, -0.2) is 22.2 Å². The van der Waals surface area contributed by atoms with Crippen LogP contribution in [0.2, 0.25) is 0 Å². The molecule has 0 aromatic heterocycles. The number of rotatable bonds is 24. The molecule has 2 N–H and O–H groups in total. The second kappa shape index (κ2) is 21.3. The number of unbranched alkanes of at least 4 members (excludes halogenated alkanes) is 18. The van der Waals surface area contributed by atoms with E-state index in [1.807, 2.05) is 6.07 Å². The van der Waals surface area contributed by atoms with E-state index in [-0.39, 0.29) is 11.1 Å². The SMILES string of the molecule is CCCCCCCCCCCCCCc1c(CCCCCCCCCC)ccc(C(=O)O)c1C(=O)O. The van der Waals surface area contributed by atoms with Crippen molar-refractivity contribution >= 4 is 11.9 Å². The van der Waals surface area contributed by atoms with Gasteiger partial charge in [0, 0.05) is 0 Å². The molecule has 1 aromatic carbocycles. The number of aryl methyl sites for hydroxylation is 1. The molecule has 1 aromatic rings. The Morgan fingerprint density at radius 1 is 0.528 bits per heavy atom. The van der Waals surface area contributed by atoms with Crippen LogP contribution in [0.5, 0.6) is 0 Å². The summed E-state index contributed by atoms with van der Waals surface area (Å²) in [5.74, 6) is -2.26. The molecule has 4 heteroatoms. The van der Waals surface area contributed by atoms with E-state index in [2.05, 4.69) is 13.8 Å². The van der Waals surface area contributed by atoms with Crippen molar-refractivity contribution in [2.24, 2.45) is 0 Å². The minimum atomic E-state index is -1.15. The summed E-state index contributed by atoms with van der Waals surface area (Å²) in [6.07, 6.45) is 26.5. The topological polar surface area (TPSA) is 74.6 Å². The summed E-state index contributed by atoms with van der Waals surface area (Å²) in [6, 6.07) is 3.37. The zero-order valence-corrected chi connectivity index (χ0v) is 23.4. The van der Waals surface area contributed by atoms with Crippen LogP contribution < -0.4 is 0 Å². The predicted molar refractivity (Wildman–Crippen MR) is 151 cm³/mol. The lowest BCUT2D eigenvalue weighted by atomic mass is 9.89. The van der Waals surface area contributed by atoms with Gasteiger partial charge in [-0.1, -0.05) is 135 Å². The molecule has 0 aliphatic carbocycles. The standard InChI is InChI=1S/C32H54O4/c1-3-5-7-9-11-13-14-15-16-18-20-22-24-28-27(23-21-19-17-12-10-8-6-4-2)25-26-29(31(33)34)30(28)32(35)36/h25-26H,3-24H2,1-2H3,(H,33,34)(H,35,36). The normalized spacial score (nSPS) is 11.2. The van der Waals surface area contributed by atoms with Crippen molar-refractivity contribution in [3.05, 3.63) is 34.4 Å². The number of benzene rings is 1. The quantitative estimate of drug-likeness (QED) is 0.138. The van der Waals surface area contributed by atoms with Gasteiger partial charge in [0.05, 0.1) is 11.1 Å². The highest BCUT2D eigenvalue weighted by atomic mass is 16.4. The van der Waals surface area contributed by atoms with Crippen LogP contribution in [0, 0.1) is 0 Å². The molecular weight excluding hydrogens is 448 g/mol. The zero-order valence-electron chi connectivity index (χ0n) is 23.4. The molecule has 206 valence electrons. The molecule has 0 atom stereocenters. The Morgan fingerprint density at radius 2 is 0.917 bits per heavy atom. The molecule has 0 aliphatic heterocycles. The van der Waals surface area contributed by atoms with Gasteiger partial charge < -0.3 is 10.2 Å². The average Bonchev–Trinajstić information content (AvgIpc) is 2.86. The first-order chi connectivity index (χ1) is 17.5. The molecule has 0 heterocycles. The summed E-state index contributed by atoms with van der Waals surface area (Å²) in [5.41, 5.74) is 1.74. The first kappa shape index (κ1) is 32.2. The van der Waals surface area contributed by atoms with Gasteiger partial charge in [-0.3, -0.25) is 0 Å². The number of hydrogen-bond acceptors (Lipinski definition) is 2. The lowest BCUT2D eigenvalue weighted by molar-refractivity contribution is 0.0650. The van der Waals surface area contributed by atoms with Crippen LogP contribution in [-0.2, 0) is 12.8 Å². The molecule has 0 amide bonds. The van der Waals surface area contributed by atoms with Crippen LogP contribution in [0.15, 0.2) is 12.1 Å². The smallest absolute Gasteiger partial charge is 0.336 e. The summed E-state index contributed by atoms with van der Waals surface area (Å²) in [7, 11) is 0. The van der Waals surface area contributed by atoms with Gasteiger partial charge in [0.2, 0.25) is 0 Å². The fraction of sp³-hybridized carbons (Fsp3) is 0.750. The van der Waals surface area contributed by atoms with Crippen molar-refractivity contribution in [3.8, 4) is 0 Å². The van der Waals surface area contributed by atoms with E-state index < -0.39 is 11.9 Å². The second-order valence-corrected chi connectivity index (χ2v) is 10.6. The second-order valence-electron chi connectivity index (χ2n) is 10.6. The van der Waals surface area contributed by atoms with E-state index in [0.717, 1.165) is 43.2 Å². The van der Waals surface area contributed by atoms with Crippen molar-refractivity contribution in [1.82, 2.24) is 0 Å². The predicted octanol–water partition coefficient (Wildman–Crippen LogP) is 10.0. The molecule has 0 saturated heterocycles. The summed E-state index contributed by atoms with van der Waals surface area (Å²) in [4.78, 5) is 23.8. The van der Waals surface area contributed by atoms with Gasteiger partial charge in [-0.2, -0.15) is 0 Å². The van der Waals surface area contributed by atoms with E-state index in [4.69, 9.17) is 0 Å². The summed E-state index contributed by atoms with van der Waals surface area (Å²) >= 11 is 0. The maximum atomic E-state index is 12.1. The van der Waals surface area contributed by atoms with Gasteiger partial charge in [-0.25, -0.2) is 9.59 Å². The van der Waals surface area contributed by atoms with Crippen molar-refractivity contribution < 1.29 is 19.8 Å². The fourth-order valence-electron chi connectivity index (χ4n) is 5.23. The third kappa shape index (κ3) is 14.0. The molecule has 0 aliphatic rings. The minimum absolute atomic E-state index is 0.0163. The van der Waals surface area contributed by atoms with Crippen LogP contribution in [0.3, 0.4) is 0 Å². The van der Waals surface area contributed by atoms with Gasteiger partial charge >= 0.3 is 11.9 Å². The van der Waals surface area contributed by atoms with Crippen LogP contribution in [0.4, 0.5) is 0 Å². The molecule has 36 heavy (non-hydrogen) atoms. The van der Waals surface area contributed by atoms with E-state index >= 15 is 0 Å². The lowest BCUT2D eigenvalue weighted by Crippen LogP contribution is -2.14. The van der Waals surface area contributed by atoms with Gasteiger partial charge in [0.1, 0.15) is 0 Å². The Labute approximate surface area is 221 Å². The van der Waals surface area contributed by atoms with Gasteiger partial charge in [0.15, 0.2) is 0 Å². The number of aromatic carboxylic acids is 2. The van der Waals surface area contributed by atoms with E-state index in [0.29, 0.717) is 6.42 Å². The van der Waals surface area contributed by atoms with E-state index in [1.54, 1.807) is 0 Å². The highest BCUT2D eigenvalue weighted by molar-refractivity contribution is 6.03. The molecular formula is C32H54O4. The van der Waals surface area contributed by atoms with Crippen molar-refractivity contribution in [2.45, 2.75) is 155 Å². The maximum absolute atomic E-state index is 12.1. The van der Waals surface area contributed by atoms with Crippen LogP contribution in [0.25, 0.3) is 0 Å². The van der Waals surface area contributed by atoms with Crippen molar-refractivity contribution in [1.29, 1.82) is 0 Å². The molecule has 0 saturated carbocycles. The third-order valence-electron chi connectivity index (χ3n) is 7.43. The number of carboxylic acid groups (broad SMARTS) is 2. The van der Waals surface area contributed by atoms with Crippen molar-refractivity contribution in [3.63, 3.8) is 0 Å². The molecule has 0 bridgehead atoms. The Morgan fingerprint density at radius 3 is 1.31 bits per heavy atom. The first-order valence-corrected chi connectivity index (χ1v) is 15.1. The monoisotopic (exact) mass is 502 g/mol. The summed E-state index contributed by atoms with van der Waals surface area (Å²) < 4.78 is 0. The highest BCUT2D eigenvalue weighted by Gasteiger charge is 2.22. The van der Waals surface area contributed by atoms with Crippen LogP contribution in [0.1, 0.15) is 174 Å². The third-order valence-corrected chi connectivity index (χ3v) is 7.43. The van der Waals surface area contributed by atoms with Gasteiger partial charge in [-0.05, 0) is 42.9 Å². The molecule has 0 fully saturated rings. The Bertz CT molecular complexity index is 725. The Kier molecular flexibility index (Phi) is 19.0. The lowest BCUT2D eigenvalue weighted by Gasteiger charge is -2.15. The Balaban J connectivity index is 2.51. The van der Waals surface area contributed by atoms with Gasteiger partial charge in [-0.15, -0.1) is 0 Å². The average molecular weight is 503 g/mol. The minimum Gasteiger partial charge on any atom is -0.478 e. The molecule has 4 nitrogen and oxygen atoms in total. The molecule has 0 radical (unpaired) electrons. The number of carbonyl (C=O) groups is 2. The summed E-state index contributed by atoms with van der Waals surface area (Å²) in [5, 5.41) is 19.4.